The minimum absolute atomic E-state index is 0.000945. The van der Waals surface area contributed by atoms with Gasteiger partial charge in [0.1, 0.15) is 11.6 Å². The quantitative estimate of drug-likeness (QED) is 0.787. The highest BCUT2D eigenvalue weighted by molar-refractivity contribution is 7.92. The average Bonchev–Trinajstić information content (AvgIpc) is 2.52. The third-order valence-corrected chi connectivity index (χ3v) is 4.54. The largest absolute Gasteiger partial charge is 0.480 e. The van der Waals surface area contributed by atoms with Crippen LogP contribution in [0, 0.1) is 5.82 Å². The lowest BCUT2D eigenvalue weighted by Crippen LogP contribution is -2.14. The summed E-state index contributed by atoms with van der Waals surface area (Å²) in [4.78, 5) is 10.9. The third-order valence-electron chi connectivity index (χ3n) is 2.86. The average molecular weight is 374 g/mol. The van der Waals surface area contributed by atoms with E-state index in [1.165, 1.54) is 37.4 Å². The molecule has 0 aliphatic heterocycles. The molecule has 0 amide bonds. The molecule has 6 nitrogen and oxygen atoms in total. The van der Waals surface area contributed by atoms with Crippen LogP contribution in [0.5, 0.6) is 5.75 Å². The SMILES string of the molecule is COC(=O)COc1ccc(S(=O)(=O)Nc2cccc(F)c2)cc1Cl. The van der Waals surface area contributed by atoms with Crippen molar-refractivity contribution in [3.8, 4) is 5.75 Å². The zero-order valence-electron chi connectivity index (χ0n) is 12.5. The Morgan fingerprint density at radius 2 is 2.00 bits per heavy atom. The summed E-state index contributed by atoms with van der Waals surface area (Å²) in [6.07, 6.45) is 0. The summed E-state index contributed by atoms with van der Waals surface area (Å²) in [5.41, 5.74) is 0.0807. The summed E-state index contributed by atoms with van der Waals surface area (Å²) in [5.74, 6) is -1.04. The first-order valence-electron chi connectivity index (χ1n) is 6.59. The lowest BCUT2D eigenvalue weighted by atomic mass is 10.3. The lowest BCUT2D eigenvalue weighted by molar-refractivity contribution is -0.142. The fraction of sp³-hybridized carbons (Fsp3) is 0.133. The molecule has 24 heavy (non-hydrogen) atoms. The third kappa shape index (κ3) is 4.59. The number of halogens is 2. The highest BCUT2D eigenvalue weighted by atomic mass is 35.5. The number of nitrogens with one attached hydrogen (secondary N) is 1. The van der Waals surface area contributed by atoms with Crippen molar-refractivity contribution in [3.05, 3.63) is 53.3 Å². The predicted octanol–water partition coefficient (Wildman–Crippen LogP) is 2.83. The monoisotopic (exact) mass is 373 g/mol. The van der Waals surface area contributed by atoms with Gasteiger partial charge in [0.2, 0.25) is 0 Å². The minimum Gasteiger partial charge on any atom is -0.480 e. The van der Waals surface area contributed by atoms with Crippen LogP contribution in [0.25, 0.3) is 0 Å². The summed E-state index contributed by atoms with van der Waals surface area (Å²) in [6.45, 7) is -0.357. The summed E-state index contributed by atoms with van der Waals surface area (Å²) >= 11 is 5.96. The fourth-order valence-electron chi connectivity index (χ4n) is 1.73. The van der Waals surface area contributed by atoms with Gasteiger partial charge in [0.15, 0.2) is 6.61 Å². The van der Waals surface area contributed by atoms with E-state index in [9.17, 15) is 17.6 Å². The zero-order chi connectivity index (χ0) is 17.7. The number of rotatable bonds is 6. The van der Waals surface area contributed by atoms with E-state index in [0.717, 1.165) is 12.1 Å². The van der Waals surface area contributed by atoms with Crippen molar-refractivity contribution in [2.45, 2.75) is 4.90 Å². The van der Waals surface area contributed by atoms with Crippen LogP contribution in [-0.2, 0) is 19.6 Å². The van der Waals surface area contributed by atoms with Crippen LogP contribution in [0.15, 0.2) is 47.4 Å². The van der Waals surface area contributed by atoms with Crippen molar-refractivity contribution < 1.29 is 27.1 Å². The standard InChI is InChI=1S/C15H13ClFNO5S/c1-22-15(19)9-23-14-6-5-12(8-13(14)16)24(20,21)18-11-4-2-3-10(17)7-11/h2-8,18H,9H2,1H3. The van der Waals surface area contributed by atoms with Gasteiger partial charge in [0.25, 0.3) is 10.0 Å². The van der Waals surface area contributed by atoms with Crippen molar-refractivity contribution in [2.24, 2.45) is 0 Å². The number of esters is 1. The van der Waals surface area contributed by atoms with E-state index in [0.29, 0.717) is 0 Å². The van der Waals surface area contributed by atoms with Gasteiger partial charge < -0.3 is 9.47 Å². The van der Waals surface area contributed by atoms with Crippen molar-refractivity contribution in [2.75, 3.05) is 18.4 Å². The van der Waals surface area contributed by atoms with Crippen LogP contribution in [0.3, 0.4) is 0 Å². The highest BCUT2D eigenvalue weighted by Crippen LogP contribution is 2.28. The Morgan fingerprint density at radius 1 is 1.25 bits per heavy atom. The number of sulfonamides is 1. The number of ether oxygens (including phenoxy) is 2. The molecule has 0 radical (unpaired) electrons. The first-order chi connectivity index (χ1) is 11.3. The molecule has 0 spiro atoms. The number of carbonyl (C=O) groups excluding carboxylic acids is 1. The number of carbonyl (C=O) groups is 1. The zero-order valence-corrected chi connectivity index (χ0v) is 14.0. The first kappa shape index (κ1) is 18.0. The van der Waals surface area contributed by atoms with Gasteiger partial charge in [0.05, 0.1) is 22.7 Å². The van der Waals surface area contributed by atoms with Gasteiger partial charge in [-0.25, -0.2) is 17.6 Å². The molecule has 0 heterocycles. The van der Waals surface area contributed by atoms with Crippen molar-refractivity contribution in [1.82, 2.24) is 0 Å². The molecule has 0 bridgehead atoms. The Bertz CT molecular complexity index is 857. The minimum atomic E-state index is -3.95. The van der Waals surface area contributed by atoms with Gasteiger partial charge >= 0.3 is 5.97 Å². The van der Waals surface area contributed by atoms with E-state index < -0.39 is 21.8 Å². The van der Waals surface area contributed by atoms with Crippen LogP contribution in [0.1, 0.15) is 0 Å². The highest BCUT2D eigenvalue weighted by Gasteiger charge is 2.17. The number of hydrogen-bond acceptors (Lipinski definition) is 5. The van der Waals surface area contributed by atoms with E-state index >= 15 is 0 Å². The van der Waals surface area contributed by atoms with Crippen LogP contribution in [-0.4, -0.2) is 28.1 Å². The molecule has 0 atom stereocenters. The first-order valence-corrected chi connectivity index (χ1v) is 8.45. The van der Waals surface area contributed by atoms with Crippen LogP contribution < -0.4 is 9.46 Å². The van der Waals surface area contributed by atoms with Crippen LogP contribution >= 0.6 is 11.6 Å². The molecule has 0 aliphatic carbocycles. The Morgan fingerprint density at radius 3 is 2.62 bits per heavy atom. The van der Waals surface area contributed by atoms with Crippen molar-refractivity contribution in [1.29, 1.82) is 0 Å². The summed E-state index contributed by atoms with van der Waals surface area (Å²) < 4.78 is 49.5. The normalized spacial score (nSPS) is 11.0. The van der Waals surface area contributed by atoms with E-state index in [2.05, 4.69) is 9.46 Å². The lowest BCUT2D eigenvalue weighted by Gasteiger charge is -2.11. The van der Waals surface area contributed by atoms with Gasteiger partial charge in [-0.3, -0.25) is 4.72 Å². The maximum atomic E-state index is 13.1. The van der Waals surface area contributed by atoms with Gasteiger partial charge in [-0.2, -0.15) is 0 Å². The molecule has 128 valence electrons. The van der Waals surface area contributed by atoms with Gasteiger partial charge in [-0.1, -0.05) is 17.7 Å². The van der Waals surface area contributed by atoms with Gasteiger partial charge in [-0.15, -0.1) is 0 Å². The summed E-state index contributed by atoms with van der Waals surface area (Å²) in [7, 11) is -2.74. The second-order valence-electron chi connectivity index (χ2n) is 4.57. The molecule has 0 aliphatic rings. The molecule has 0 saturated heterocycles. The van der Waals surface area contributed by atoms with Gasteiger partial charge in [-0.05, 0) is 36.4 Å². The fourth-order valence-corrected chi connectivity index (χ4v) is 3.10. The Balaban J connectivity index is 2.19. The molecule has 0 aromatic heterocycles. The molecule has 0 fully saturated rings. The maximum absolute atomic E-state index is 13.1. The van der Waals surface area contributed by atoms with Gasteiger partial charge in [0, 0.05) is 0 Å². The Hall–Kier alpha value is -2.32. The maximum Gasteiger partial charge on any atom is 0.343 e. The molecule has 2 aromatic carbocycles. The molecular weight excluding hydrogens is 361 g/mol. The van der Waals surface area contributed by atoms with Crippen molar-refractivity contribution >= 4 is 33.3 Å². The van der Waals surface area contributed by atoms with Crippen molar-refractivity contribution in [3.63, 3.8) is 0 Å². The molecule has 2 aromatic rings. The van der Waals surface area contributed by atoms with E-state index in [4.69, 9.17) is 16.3 Å². The summed E-state index contributed by atoms with van der Waals surface area (Å²) in [6, 6.07) is 8.76. The Labute approximate surface area is 143 Å². The second-order valence-corrected chi connectivity index (χ2v) is 6.66. The molecule has 0 unspecified atom stereocenters. The van der Waals surface area contributed by atoms with Crippen LogP contribution in [0.2, 0.25) is 5.02 Å². The molecule has 0 saturated carbocycles. The smallest absolute Gasteiger partial charge is 0.343 e. The number of hydrogen-bond donors (Lipinski definition) is 1. The number of benzene rings is 2. The molecule has 9 heteroatoms. The molecule has 1 N–H and O–H groups in total. The summed E-state index contributed by atoms with van der Waals surface area (Å²) in [5, 5.41) is 0.000945. The van der Waals surface area contributed by atoms with E-state index in [-0.39, 0.29) is 28.0 Å². The second kappa shape index (κ2) is 7.50. The molecule has 2 rings (SSSR count). The van der Waals surface area contributed by atoms with Crippen LogP contribution in [0.4, 0.5) is 10.1 Å². The van der Waals surface area contributed by atoms with E-state index in [1.807, 2.05) is 0 Å². The Kier molecular flexibility index (Phi) is 5.63. The predicted molar refractivity (Wildman–Crippen MR) is 86.2 cm³/mol. The topological polar surface area (TPSA) is 81.7 Å². The number of anilines is 1. The number of methoxy groups -OCH3 is 1. The van der Waals surface area contributed by atoms with E-state index in [1.54, 1.807) is 0 Å². The molecular formula is C15H13ClFNO5S.